The van der Waals surface area contributed by atoms with Crippen LogP contribution in [0.2, 0.25) is 0 Å². The van der Waals surface area contributed by atoms with Crippen molar-refractivity contribution in [2.45, 2.75) is 0 Å². The Morgan fingerprint density at radius 2 is 1.65 bits per heavy atom. The highest BCUT2D eigenvalue weighted by atomic mass is 32.1. The molecule has 0 saturated heterocycles. The molecule has 1 aromatic rings. The van der Waals surface area contributed by atoms with E-state index in [0.29, 0.717) is 0 Å². The second-order valence-corrected chi connectivity index (χ2v) is 6.61. The number of rotatable bonds is 1. The molecule has 26 heavy (non-hydrogen) atoms. The first kappa shape index (κ1) is 23.2. The van der Waals surface area contributed by atoms with Gasteiger partial charge in [0.15, 0.2) is 0 Å². The average Bonchev–Trinajstić information content (AvgIpc) is 2.51. The van der Waals surface area contributed by atoms with E-state index in [-0.39, 0.29) is 11.0 Å². The summed E-state index contributed by atoms with van der Waals surface area (Å²) in [7, 11) is 8.24. The summed E-state index contributed by atoms with van der Waals surface area (Å²) >= 11 is 1.80. The predicted octanol–water partition coefficient (Wildman–Crippen LogP) is 0.610. The van der Waals surface area contributed by atoms with E-state index in [2.05, 4.69) is 74.1 Å². The van der Waals surface area contributed by atoms with Gasteiger partial charge in [-0.3, -0.25) is 0 Å². The van der Waals surface area contributed by atoms with Crippen LogP contribution in [0.5, 0.6) is 0 Å². The third kappa shape index (κ3) is 5.62. The lowest BCUT2D eigenvalue weighted by atomic mass is 10.2. The first-order valence-electron chi connectivity index (χ1n) is 7.12. The first-order chi connectivity index (χ1) is 11.3. The molecule has 1 aliphatic heterocycles. The van der Waals surface area contributed by atoms with Crippen molar-refractivity contribution in [2.75, 3.05) is 33.1 Å². The molecule has 10 heteroatoms. The molecule has 2 aliphatic rings. The maximum atomic E-state index is 8.25. The Balaban J connectivity index is 0.000000951. The zero-order chi connectivity index (χ0) is 17.9. The molecule has 0 spiro atoms. The molecular formula is C16H22N4O5S. The maximum Gasteiger partial charge on any atom is 0.201 e. The van der Waals surface area contributed by atoms with E-state index in [1.807, 2.05) is 0 Å². The maximum absolute atomic E-state index is 8.25. The molecule has 0 aromatic heterocycles. The number of hydrogen-bond donors (Lipinski definition) is 0. The van der Waals surface area contributed by atoms with Gasteiger partial charge >= 0.3 is 0 Å². The fourth-order valence-electron chi connectivity index (χ4n) is 2.16. The second-order valence-electron chi connectivity index (χ2n) is 5.53. The number of aromatic nitrogens is 1. The van der Waals surface area contributed by atoms with Crippen molar-refractivity contribution in [2.24, 2.45) is 0 Å². The van der Waals surface area contributed by atoms with Gasteiger partial charge in [0, 0.05) is 31.9 Å². The van der Waals surface area contributed by atoms with Gasteiger partial charge in [0.25, 0.3) is 0 Å². The van der Waals surface area contributed by atoms with Crippen LogP contribution in [0.25, 0.3) is 20.8 Å². The van der Waals surface area contributed by atoms with Crippen LogP contribution in [0, 0.1) is 15.3 Å². The van der Waals surface area contributed by atoms with Gasteiger partial charge in [0.1, 0.15) is 14.1 Å². The molecule has 142 valence electrons. The third-order valence-corrected chi connectivity index (χ3v) is 4.47. The Kier molecular flexibility index (Phi) is 8.57. The molecule has 1 heterocycles. The fraction of sp³-hybridized carbons (Fsp3) is 0.250. The van der Waals surface area contributed by atoms with E-state index in [1.54, 1.807) is 11.3 Å². The van der Waals surface area contributed by atoms with Crippen LogP contribution in [-0.2, 0) is 0 Å². The minimum Gasteiger partial charge on any atom is -0.412 e. The van der Waals surface area contributed by atoms with Gasteiger partial charge in [-0.25, -0.2) is 9.56 Å². The highest BCUT2D eigenvalue weighted by molar-refractivity contribution is 7.21. The third-order valence-electron chi connectivity index (χ3n) is 3.38. The summed E-state index contributed by atoms with van der Waals surface area (Å²) in [5, 5.41) is 16.0. The molecule has 1 aromatic carbocycles. The van der Waals surface area contributed by atoms with E-state index < -0.39 is 5.09 Å². The smallest absolute Gasteiger partial charge is 0.201 e. The summed E-state index contributed by atoms with van der Waals surface area (Å²) in [5.74, 6) is 0. The van der Waals surface area contributed by atoms with Crippen molar-refractivity contribution in [1.29, 1.82) is 0 Å². The van der Waals surface area contributed by atoms with Crippen LogP contribution in [0.4, 0.5) is 5.69 Å². The van der Waals surface area contributed by atoms with E-state index in [4.69, 9.17) is 20.3 Å². The fourth-order valence-corrected chi connectivity index (χ4v) is 3.19. The summed E-state index contributed by atoms with van der Waals surface area (Å²) in [6.45, 7) is 0. The lowest BCUT2D eigenvalue weighted by Crippen LogP contribution is -2.21. The van der Waals surface area contributed by atoms with Crippen LogP contribution in [0.1, 0.15) is 0 Å². The molecule has 0 saturated carbocycles. The van der Waals surface area contributed by atoms with Gasteiger partial charge in [-0.2, -0.15) is 0 Å². The molecular weight excluding hydrogens is 360 g/mol. The van der Waals surface area contributed by atoms with Crippen LogP contribution in [-0.4, -0.2) is 49.2 Å². The van der Waals surface area contributed by atoms with Crippen molar-refractivity contribution in [3.05, 3.63) is 57.1 Å². The van der Waals surface area contributed by atoms with Gasteiger partial charge in [-0.1, -0.05) is 0 Å². The van der Waals surface area contributed by atoms with Crippen molar-refractivity contribution >= 4 is 27.2 Å². The summed E-state index contributed by atoms with van der Waals surface area (Å²) in [6, 6.07) is 12.8. The number of anilines is 1. The molecule has 0 bridgehead atoms. The Bertz CT molecular complexity index is 918. The predicted molar refractivity (Wildman–Crippen MR) is 105 cm³/mol. The molecule has 0 atom stereocenters. The van der Waals surface area contributed by atoms with Crippen LogP contribution in [0.3, 0.4) is 0 Å². The summed E-state index contributed by atoms with van der Waals surface area (Å²) in [6.07, 6.45) is 0. The molecule has 0 fully saturated rings. The van der Waals surface area contributed by atoms with Crippen molar-refractivity contribution in [1.82, 2.24) is 9.56 Å². The normalized spacial score (nSPS) is 9.38. The van der Waals surface area contributed by atoms with E-state index >= 15 is 0 Å². The molecule has 0 radical (unpaired) electrons. The number of nitrogens with zero attached hydrogens (tertiary/aromatic N) is 4. The molecule has 9 nitrogen and oxygen atoms in total. The second kappa shape index (κ2) is 9.61. The topological polar surface area (TPSA) is 148 Å². The minimum absolute atomic E-state index is 0. The Morgan fingerprint density at radius 1 is 1.04 bits per heavy atom. The van der Waals surface area contributed by atoms with Crippen LogP contribution < -0.4 is 14.8 Å². The lowest BCUT2D eigenvalue weighted by molar-refractivity contribution is -0.402. The van der Waals surface area contributed by atoms with Crippen molar-refractivity contribution in [3.63, 3.8) is 0 Å². The standard InChI is InChI=1S/C16H18N3S.NO3.2H2O/c1-18(2)11-5-7-13-15(9-11)20-16-10-12(19(3)4)6-8-14(16)17-13;2-1(3)4;;/h5-10H,1-4H3;;2*1H2/q+1;-1;;. The Morgan fingerprint density at radius 3 is 2.19 bits per heavy atom. The Labute approximate surface area is 154 Å². The van der Waals surface area contributed by atoms with E-state index in [0.717, 1.165) is 11.2 Å². The quantitative estimate of drug-likeness (QED) is 0.262. The minimum atomic E-state index is -1.75. The lowest BCUT2D eigenvalue weighted by Gasteiger charge is -2.13. The van der Waals surface area contributed by atoms with Gasteiger partial charge in [-0.05, 0) is 24.3 Å². The van der Waals surface area contributed by atoms with E-state index in [1.165, 1.54) is 20.6 Å². The SMILES string of the molecule is CN(C)c1ccc2nc3ccc(=[N+](C)C)cc-3sc2c1.O.O.O=[N+]([O-])[O-]. The first-order valence-corrected chi connectivity index (χ1v) is 7.93. The van der Waals surface area contributed by atoms with Crippen LogP contribution >= 0.6 is 11.3 Å². The zero-order valence-corrected chi connectivity index (χ0v) is 15.7. The molecule has 0 amide bonds. The molecule has 0 unspecified atom stereocenters. The summed E-state index contributed by atoms with van der Waals surface area (Å²) in [4.78, 5) is 16.3. The summed E-state index contributed by atoms with van der Waals surface area (Å²) < 4.78 is 3.34. The van der Waals surface area contributed by atoms with Gasteiger partial charge in [0.2, 0.25) is 5.36 Å². The summed E-state index contributed by atoms with van der Waals surface area (Å²) in [5.41, 5.74) is 3.33. The molecule has 3 rings (SSSR count). The number of benzene rings is 2. The molecule has 4 N–H and O–H groups in total. The van der Waals surface area contributed by atoms with Gasteiger partial charge in [-0.15, -0.1) is 11.3 Å². The molecule has 1 aliphatic carbocycles. The monoisotopic (exact) mass is 382 g/mol. The highest BCUT2D eigenvalue weighted by Gasteiger charge is 2.09. The van der Waals surface area contributed by atoms with Gasteiger partial charge < -0.3 is 31.2 Å². The van der Waals surface area contributed by atoms with E-state index in [9.17, 15) is 0 Å². The van der Waals surface area contributed by atoms with Crippen molar-refractivity contribution < 1.29 is 16.0 Å². The van der Waals surface area contributed by atoms with Crippen LogP contribution in [0.15, 0.2) is 36.4 Å². The number of hydrogen-bond acceptors (Lipinski definition) is 6. The average molecular weight is 382 g/mol. The highest BCUT2D eigenvalue weighted by Crippen LogP contribution is 2.31. The van der Waals surface area contributed by atoms with Gasteiger partial charge in [0.05, 0.1) is 25.9 Å². The largest absolute Gasteiger partial charge is 0.412 e. The Hall–Kier alpha value is -2.82. The number of fused-ring (bicyclic) bond motifs is 2. The van der Waals surface area contributed by atoms with Crippen molar-refractivity contribution in [3.8, 4) is 10.6 Å². The zero-order valence-electron chi connectivity index (χ0n) is 14.9.